The molecule has 11 heteroatoms. The van der Waals surface area contributed by atoms with Crippen molar-refractivity contribution in [2.24, 2.45) is 4.99 Å². The number of pyridine rings is 1. The van der Waals surface area contributed by atoms with Crippen molar-refractivity contribution < 1.29 is 13.2 Å². The molecule has 31 heavy (non-hydrogen) atoms. The highest BCUT2D eigenvalue weighted by Crippen LogP contribution is 2.15. The van der Waals surface area contributed by atoms with Crippen LogP contribution in [-0.2, 0) is 27.0 Å². The van der Waals surface area contributed by atoms with Crippen molar-refractivity contribution in [3.8, 4) is 0 Å². The van der Waals surface area contributed by atoms with Crippen LogP contribution in [0.25, 0.3) is 0 Å². The third-order valence-corrected chi connectivity index (χ3v) is 6.05. The predicted molar refractivity (Wildman–Crippen MR) is 119 cm³/mol. The van der Waals surface area contributed by atoms with Gasteiger partial charge in [0.2, 0.25) is 10.0 Å². The number of nitrogens with one attached hydrogen (secondary N) is 1. The van der Waals surface area contributed by atoms with Crippen molar-refractivity contribution >= 4 is 39.9 Å². The number of aryl methyl sites for hydroxylation is 2. The first-order chi connectivity index (χ1) is 14.6. The van der Waals surface area contributed by atoms with Crippen molar-refractivity contribution in [3.63, 3.8) is 0 Å². The molecule has 0 unspecified atom stereocenters. The molecular weight excluding hydrogens is 442 g/mol. The summed E-state index contributed by atoms with van der Waals surface area (Å²) in [7, 11) is -3.87. The van der Waals surface area contributed by atoms with Crippen LogP contribution in [0.1, 0.15) is 22.6 Å². The van der Waals surface area contributed by atoms with Crippen molar-refractivity contribution in [2.45, 2.75) is 26.0 Å². The summed E-state index contributed by atoms with van der Waals surface area (Å²) in [6, 6.07) is 9.36. The van der Waals surface area contributed by atoms with Gasteiger partial charge in [0.15, 0.2) is 0 Å². The van der Waals surface area contributed by atoms with Crippen molar-refractivity contribution in [1.29, 1.82) is 0 Å². The molecule has 3 aromatic rings. The van der Waals surface area contributed by atoms with Crippen LogP contribution in [0.2, 0.25) is 5.02 Å². The fourth-order valence-electron chi connectivity index (χ4n) is 3.00. The van der Waals surface area contributed by atoms with E-state index in [1.165, 1.54) is 21.7 Å². The molecule has 0 atom stereocenters. The zero-order valence-electron chi connectivity index (χ0n) is 16.9. The van der Waals surface area contributed by atoms with E-state index < -0.39 is 21.5 Å². The molecule has 9 nitrogen and oxygen atoms in total. The lowest BCUT2D eigenvalue weighted by molar-refractivity contribution is -0.117. The third kappa shape index (κ3) is 5.09. The van der Waals surface area contributed by atoms with Crippen molar-refractivity contribution in [1.82, 2.24) is 14.3 Å². The molecule has 0 fully saturated rings. The summed E-state index contributed by atoms with van der Waals surface area (Å²) < 4.78 is 30.2. The molecular formula is C20H20ClN5O4S. The number of halogens is 1. The van der Waals surface area contributed by atoms with Gasteiger partial charge in [0.25, 0.3) is 11.5 Å². The average molecular weight is 462 g/mol. The monoisotopic (exact) mass is 461 g/mol. The smallest absolute Gasteiger partial charge is 0.278 e. The van der Waals surface area contributed by atoms with E-state index >= 15 is 0 Å². The van der Waals surface area contributed by atoms with E-state index in [0.29, 0.717) is 27.7 Å². The molecule has 0 aliphatic heterocycles. The van der Waals surface area contributed by atoms with Gasteiger partial charge in [-0.05, 0) is 50.4 Å². The number of anilines is 1. The molecule has 1 aromatic carbocycles. The Morgan fingerprint density at radius 2 is 1.87 bits per heavy atom. The normalized spacial score (nSPS) is 11.3. The summed E-state index contributed by atoms with van der Waals surface area (Å²) in [6.45, 7) is 6.60. The molecule has 0 spiro atoms. The summed E-state index contributed by atoms with van der Waals surface area (Å²) >= 11 is 5.83. The lowest BCUT2D eigenvalue weighted by Gasteiger charge is -2.16. The van der Waals surface area contributed by atoms with Crippen LogP contribution in [0.4, 0.5) is 5.69 Å². The second-order valence-corrected chi connectivity index (χ2v) is 9.00. The Hall–Kier alpha value is -3.24. The van der Waals surface area contributed by atoms with Gasteiger partial charge in [0, 0.05) is 10.7 Å². The van der Waals surface area contributed by atoms with Gasteiger partial charge < -0.3 is 0 Å². The molecule has 0 bridgehead atoms. The van der Waals surface area contributed by atoms with Gasteiger partial charge in [-0.3, -0.25) is 14.3 Å². The molecule has 2 aromatic heterocycles. The molecule has 0 saturated heterocycles. The number of sulfonamides is 1. The number of benzene rings is 1. The number of carbonyl (C=O) groups is 1. The number of rotatable bonds is 7. The summed E-state index contributed by atoms with van der Waals surface area (Å²) in [6.07, 6.45) is 1.29. The quantitative estimate of drug-likeness (QED) is 0.542. The highest BCUT2D eigenvalue weighted by Gasteiger charge is 2.19. The second kappa shape index (κ2) is 8.86. The number of aliphatic imine (C=N–C) groups is 1. The minimum absolute atomic E-state index is 0.103. The van der Waals surface area contributed by atoms with Crippen molar-refractivity contribution in [2.75, 3.05) is 4.72 Å². The molecule has 3 rings (SSSR count). The number of amides is 1. The predicted octanol–water partition coefficient (Wildman–Crippen LogP) is 2.34. The van der Waals surface area contributed by atoms with Gasteiger partial charge in [-0.2, -0.15) is 0 Å². The van der Waals surface area contributed by atoms with Crippen LogP contribution < -0.4 is 10.3 Å². The van der Waals surface area contributed by atoms with Gasteiger partial charge >= 0.3 is 0 Å². The molecule has 0 radical (unpaired) electrons. The maximum Gasteiger partial charge on any atom is 0.294 e. The first kappa shape index (κ1) is 22.4. The Morgan fingerprint density at radius 1 is 1.19 bits per heavy atom. The minimum Gasteiger partial charge on any atom is -0.278 e. The Morgan fingerprint density at radius 3 is 2.52 bits per heavy atom. The fraction of sp³-hybridized carbons (Fsp3) is 0.200. The van der Waals surface area contributed by atoms with Crippen LogP contribution >= 0.6 is 11.6 Å². The molecule has 162 valence electrons. The van der Waals surface area contributed by atoms with E-state index in [0.717, 1.165) is 0 Å². The minimum atomic E-state index is -3.87. The Balaban J connectivity index is 1.99. The first-order valence-electron chi connectivity index (χ1n) is 9.12. The van der Waals surface area contributed by atoms with E-state index in [4.69, 9.17) is 11.6 Å². The molecule has 1 amide bonds. The number of hydrogen-bond donors (Lipinski definition) is 1. The standard InChI is InChI=1S/C20H20ClN5O4S/c1-13-4-9-17(24-31(29,30)11-15-5-7-16(21)8-6-15)20(28)26(13)25-12-23-14(2)18(25)10-19(27)22-3/h4-9,12,24H,3,10-11H2,1-2H3. The number of hydrogen-bond acceptors (Lipinski definition) is 5. The van der Waals surface area contributed by atoms with E-state index in [-0.39, 0.29) is 17.9 Å². The average Bonchev–Trinajstić information content (AvgIpc) is 3.06. The molecule has 1 N–H and O–H groups in total. The third-order valence-electron chi connectivity index (χ3n) is 4.55. The largest absolute Gasteiger partial charge is 0.294 e. The lowest BCUT2D eigenvalue weighted by Crippen LogP contribution is -2.32. The maximum absolute atomic E-state index is 13.1. The summed E-state index contributed by atoms with van der Waals surface area (Å²) in [5.74, 6) is -0.803. The maximum atomic E-state index is 13.1. The SMILES string of the molecule is C=NC(=O)Cc1c(C)ncn1-n1c(C)ccc(NS(=O)(=O)Cc2ccc(Cl)cc2)c1=O. The topological polar surface area (TPSA) is 115 Å². The van der Waals surface area contributed by atoms with Crippen LogP contribution in [0, 0.1) is 13.8 Å². The zero-order valence-corrected chi connectivity index (χ0v) is 18.4. The molecule has 0 saturated carbocycles. The fourth-order valence-corrected chi connectivity index (χ4v) is 4.32. The van der Waals surface area contributed by atoms with Crippen LogP contribution in [0.5, 0.6) is 0 Å². The lowest BCUT2D eigenvalue weighted by atomic mass is 10.2. The number of imidazole rings is 1. The van der Waals surface area contributed by atoms with Crippen LogP contribution in [-0.4, -0.2) is 35.4 Å². The van der Waals surface area contributed by atoms with Gasteiger partial charge in [-0.25, -0.2) is 27.7 Å². The Bertz CT molecular complexity index is 1310. The molecule has 0 aliphatic carbocycles. The van der Waals surface area contributed by atoms with E-state index in [1.807, 2.05) is 0 Å². The van der Waals surface area contributed by atoms with Gasteiger partial charge in [0.1, 0.15) is 12.0 Å². The van der Waals surface area contributed by atoms with Crippen molar-refractivity contribution in [3.05, 3.63) is 80.7 Å². The highest BCUT2D eigenvalue weighted by atomic mass is 35.5. The summed E-state index contributed by atoms with van der Waals surface area (Å²) in [4.78, 5) is 32.5. The van der Waals surface area contributed by atoms with Crippen LogP contribution in [0.15, 0.2) is 52.5 Å². The summed E-state index contributed by atoms with van der Waals surface area (Å²) in [5.41, 5.74) is 1.28. The number of carbonyl (C=O) groups excluding carboxylic acids is 1. The number of aromatic nitrogens is 3. The van der Waals surface area contributed by atoms with Crippen LogP contribution in [0.3, 0.4) is 0 Å². The highest BCUT2D eigenvalue weighted by molar-refractivity contribution is 7.91. The Labute approximate surface area is 184 Å². The zero-order chi connectivity index (χ0) is 22.8. The number of nitrogens with zero attached hydrogens (tertiary/aromatic N) is 4. The molecule has 0 aliphatic rings. The first-order valence-corrected chi connectivity index (χ1v) is 11.1. The summed E-state index contributed by atoms with van der Waals surface area (Å²) in [5, 5.41) is 0.493. The Kier molecular flexibility index (Phi) is 6.42. The van der Waals surface area contributed by atoms with E-state index in [9.17, 15) is 18.0 Å². The van der Waals surface area contributed by atoms with Gasteiger partial charge in [-0.1, -0.05) is 23.7 Å². The van der Waals surface area contributed by atoms with E-state index in [2.05, 4.69) is 21.4 Å². The second-order valence-electron chi connectivity index (χ2n) is 6.84. The van der Waals surface area contributed by atoms with Gasteiger partial charge in [-0.15, -0.1) is 0 Å². The molecule has 2 heterocycles. The van der Waals surface area contributed by atoms with Gasteiger partial charge in [0.05, 0.1) is 23.6 Å². The van der Waals surface area contributed by atoms with E-state index in [1.54, 1.807) is 44.2 Å².